The summed E-state index contributed by atoms with van der Waals surface area (Å²) in [6, 6.07) is 54.7. The maximum atomic E-state index is 13.0. The van der Waals surface area contributed by atoms with E-state index in [1.807, 2.05) is 91.3 Å². The molecule has 0 radical (unpaired) electrons. The minimum atomic E-state index is -0.810. The van der Waals surface area contributed by atoms with Crippen LogP contribution in [-0.4, -0.2) is 189 Å². The number of hydrazone groups is 2. The van der Waals surface area contributed by atoms with Crippen LogP contribution in [0.25, 0.3) is 32.7 Å². The third-order valence-corrected chi connectivity index (χ3v) is 24.1. The molecule has 5 atom stereocenters. The minimum absolute atomic E-state index is 0.0560. The Labute approximate surface area is 743 Å². The molecule has 27 nitrogen and oxygen atoms in total. The highest BCUT2D eigenvalue weighted by atomic mass is 35.5. The number of nitrogens with zero attached hydrogens (tertiary/aromatic N) is 7. The predicted octanol–water partition coefficient (Wildman–Crippen LogP) is 14.8. The zero-order valence-electron chi connectivity index (χ0n) is 71.7. The summed E-state index contributed by atoms with van der Waals surface area (Å²) in [6.07, 6.45) is 11.3. The molecule has 0 aromatic heterocycles. The van der Waals surface area contributed by atoms with Gasteiger partial charge in [-0.25, -0.2) is 40.0 Å². The molecule has 0 bridgehead atoms. The molecule has 4 heterocycles. The second kappa shape index (κ2) is 43.7. The topological polar surface area (TPSA) is 337 Å². The molecular weight excluding hydrogens is 1640 g/mol. The molecule has 16 rings (SSSR count). The molecule has 29 heteroatoms. The van der Waals surface area contributed by atoms with Crippen LogP contribution in [0.3, 0.4) is 0 Å². The highest BCUT2D eigenvalue weighted by molar-refractivity contribution is 6.26. The van der Waals surface area contributed by atoms with E-state index in [4.69, 9.17) is 46.9 Å². The van der Waals surface area contributed by atoms with E-state index in [-0.39, 0.29) is 84.0 Å². The van der Waals surface area contributed by atoms with Gasteiger partial charge in [0.2, 0.25) is 23.5 Å². The fourth-order valence-electron chi connectivity index (χ4n) is 17.6. The van der Waals surface area contributed by atoms with E-state index in [1.54, 1.807) is 60.0 Å². The monoisotopic (exact) mass is 1750 g/mol. The number of carbonyl (C=O) groups is 7. The largest absolute Gasteiger partial charge is 0.508 e. The van der Waals surface area contributed by atoms with Crippen LogP contribution in [0.5, 0.6) is 17.2 Å². The van der Waals surface area contributed by atoms with Gasteiger partial charge in [-0.3, -0.25) is 25.0 Å². The van der Waals surface area contributed by atoms with Gasteiger partial charge in [0.25, 0.3) is 0 Å². The molecule has 2 amide bonds. The summed E-state index contributed by atoms with van der Waals surface area (Å²) >= 11 is 11.9. The van der Waals surface area contributed by atoms with Crippen LogP contribution in [0.4, 0.5) is 15.3 Å². The Balaban J connectivity index is 0.000000153. The fraction of sp³-hybridized carbons (Fsp3) is 0.371. The standard InChI is InChI=1S/C41H47Cl2NO6.C22H22N8.C18H20O2.C16H20N4O6/c1-41-21-20-34-33-17-15-32(49-40(47)29-7-3-2-4-8-29)26-30(33)12-16-35(34)36(41)18-19-37(41)50-39(46)27-48-38(45)9-5-6-28-10-13-31(14-11-28)44(24-22-42)25-23-43;1-2-6-16-15(5-1)19(13-27-29-21-23-9-10-24-21)17-7-3-4-8-18(17)20(16)14-28-30-22-25-11-12-26-22;1-3-17(13-5-9-15(19)10-6-13)18(4-2)14-7-11-16(20)12-8-14;1-3-25-15(23)17-9-11(19-5-6-19)14(22)10(18-16(24)26-4-2)12(13(9)21)20-7-8-20/h2-4,7-8,10-11,13-15,17,26,34-37H,5-6,9,12,16,18-25,27H2,1H3;1-8,13-14H,9-12H2,(H2,23,24,29)(H2,25,26,30);5-12,19-20H,3-4H2,1-2H3;3-8H2,1-2H3,(H,17,23)(H,18,24)/b;27-13-,28-14-;18-17+;/t34-,35-,36+,37+,41+;;;/m1.../s1. The highest BCUT2D eigenvalue weighted by Crippen LogP contribution is 2.62. The van der Waals surface area contributed by atoms with E-state index in [2.05, 4.69) is 133 Å². The molecule has 2 saturated heterocycles. The van der Waals surface area contributed by atoms with Crippen LogP contribution in [0.1, 0.15) is 148 Å². The summed E-state index contributed by atoms with van der Waals surface area (Å²) in [5, 5.41) is 43.2. The van der Waals surface area contributed by atoms with Gasteiger partial charge in [0.05, 0.1) is 44.3 Å². The molecule has 4 aliphatic heterocycles. The number of alkyl carbamates (subject to hydrolysis) is 2. The number of nitrogens with one attached hydrogen (secondary N) is 6. The first-order valence-electron chi connectivity index (χ1n) is 43.4. The number of hydrogen-bond acceptors (Lipinski definition) is 25. The zero-order chi connectivity index (χ0) is 88.6. The first-order chi connectivity index (χ1) is 61.3. The smallest absolute Gasteiger partial charge is 0.411 e. The number of guanidine groups is 2. The number of phenols is 2. The van der Waals surface area contributed by atoms with E-state index in [1.165, 1.54) is 22.3 Å². The Morgan fingerprint density at radius 3 is 1.57 bits per heavy atom. The number of alkyl halides is 2. The number of aromatic hydroxyl groups is 2. The second-order valence-corrected chi connectivity index (χ2v) is 32.4. The molecule has 0 unspecified atom stereocenters. The van der Waals surface area contributed by atoms with Crippen LogP contribution in [0.2, 0.25) is 0 Å². The van der Waals surface area contributed by atoms with E-state index in [9.17, 15) is 43.8 Å². The van der Waals surface area contributed by atoms with Crippen molar-refractivity contribution >= 4 is 128 Å². The van der Waals surface area contributed by atoms with Crippen molar-refractivity contribution in [3.63, 3.8) is 0 Å². The number of benzene rings is 8. The number of esters is 3. The van der Waals surface area contributed by atoms with Gasteiger partial charge in [0, 0.05) is 92.8 Å². The molecule has 4 fully saturated rings. The van der Waals surface area contributed by atoms with Gasteiger partial charge in [-0.1, -0.05) is 130 Å². The maximum absolute atomic E-state index is 13.0. The average molecular weight is 1750 g/mol. The van der Waals surface area contributed by atoms with Crippen molar-refractivity contribution < 1.29 is 67.5 Å². The fourth-order valence-corrected chi connectivity index (χ4v) is 18.0. The van der Waals surface area contributed by atoms with Gasteiger partial charge < -0.3 is 59.2 Å². The summed E-state index contributed by atoms with van der Waals surface area (Å²) in [5.41, 5.74) is 18.1. The third-order valence-electron chi connectivity index (χ3n) is 23.8. The number of phenolic OH excluding ortho intramolecular Hbond substituents is 2. The third kappa shape index (κ3) is 22.9. The molecule has 4 aliphatic carbocycles. The van der Waals surface area contributed by atoms with Crippen molar-refractivity contribution in [1.82, 2.24) is 41.9 Å². The summed E-state index contributed by atoms with van der Waals surface area (Å²) in [5.74, 6) is 2.79. The highest BCUT2D eigenvalue weighted by Gasteiger charge is 2.56. The van der Waals surface area contributed by atoms with Crippen molar-refractivity contribution in [2.24, 2.45) is 37.4 Å². The van der Waals surface area contributed by atoms with Crippen molar-refractivity contribution in [3.05, 3.63) is 237 Å². The number of anilines is 1. The number of allylic oxidation sites excluding steroid dienone is 2. The van der Waals surface area contributed by atoms with Gasteiger partial charge in [0.15, 0.2) is 6.61 Å². The molecule has 126 heavy (non-hydrogen) atoms. The number of rotatable bonds is 28. The lowest BCUT2D eigenvalue weighted by Crippen LogP contribution is -2.45. The molecule has 0 spiro atoms. The number of ketones is 2. The number of carbonyl (C=O) groups excluding carboxylic acids is 7. The minimum Gasteiger partial charge on any atom is -0.508 e. The lowest BCUT2D eigenvalue weighted by Gasteiger charge is -2.50. The number of Topliss-reactive ketones (excluding diaryl/α,β-unsaturated/α-hetero) is 2. The summed E-state index contributed by atoms with van der Waals surface area (Å²) in [4.78, 5) is 102. The molecule has 2 saturated carbocycles. The number of amides is 2. The number of hydrogen-bond donors (Lipinski definition) is 8. The summed E-state index contributed by atoms with van der Waals surface area (Å²) < 4.78 is 26.7. The van der Waals surface area contributed by atoms with Gasteiger partial charge in [-0.05, 0) is 217 Å². The zero-order valence-corrected chi connectivity index (χ0v) is 73.2. The van der Waals surface area contributed by atoms with Gasteiger partial charge >= 0.3 is 30.1 Å². The Bertz CT molecular complexity index is 5210. The number of halogens is 2. The van der Waals surface area contributed by atoms with Crippen molar-refractivity contribution in [3.8, 4) is 17.2 Å². The average Bonchev–Trinajstić information content (AvgIpc) is 1.52. The SMILES string of the molecule is C(=N/NC1=NCCN1)/c1c2ccccc2c(/C=N\NC2=NCCN2)c2ccccc12.CC/C(=C(/CC)c1ccc(O)cc1)c1ccc(O)cc1.CCOC(=O)NC1=C(N2CC2)C(=O)C(NC(=O)OCC)=C(N2CC2)C1=O.C[C@]12CC[C@@H]3c4ccc(OC(=O)c5ccccc5)cc4CC[C@H]3[C@@H]1CC[C@@H]2OC(=O)COC(=O)CCCc1ccc(N(CCCl)CCCl)cc1. The van der Waals surface area contributed by atoms with Gasteiger partial charge in [-0.15, -0.1) is 23.2 Å². The van der Waals surface area contributed by atoms with E-state index in [0.29, 0.717) is 85.3 Å². The van der Waals surface area contributed by atoms with Crippen molar-refractivity contribution in [1.29, 1.82) is 0 Å². The van der Waals surface area contributed by atoms with Crippen LogP contribution < -0.4 is 41.8 Å². The van der Waals surface area contributed by atoms with Gasteiger partial charge in [0.1, 0.15) is 46.1 Å². The van der Waals surface area contributed by atoms with Crippen LogP contribution in [-0.2, 0) is 51.0 Å². The Morgan fingerprint density at radius 2 is 1.10 bits per heavy atom. The molecule has 8 N–H and O–H groups in total. The quantitative estimate of drug-likeness (QED) is 0.00216. The second-order valence-electron chi connectivity index (χ2n) is 31.7. The Kier molecular flexibility index (Phi) is 31.6. The maximum Gasteiger partial charge on any atom is 0.411 e. The molecule has 8 aromatic rings. The normalized spacial score (nSPS) is 19.0. The molecular formula is C97H109Cl2N13O14. The van der Waals surface area contributed by atoms with Crippen molar-refractivity contribution in [2.45, 2.75) is 117 Å². The number of aliphatic imine (C=N–C) groups is 2. The first kappa shape index (κ1) is 91.0. The molecule has 8 aromatic carbocycles. The number of fused-ring (bicyclic) bond motifs is 7. The first-order valence-corrected chi connectivity index (χ1v) is 44.4. The summed E-state index contributed by atoms with van der Waals surface area (Å²) in [6.45, 7) is 16.7. The number of aryl methyl sites for hydroxylation is 2. The lowest BCUT2D eigenvalue weighted by molar-refractivity contribution is -0.168. The van der Waals surface area contributed by atoms with Crippen LogP contribution in [0.15, 0.2) is 213 Å². The van der Waals surface area contributed by atoms with Gasteiger partial charge in [-0.2, -0.15) is 10.2 Å². The van der Waals surface area contributed by atoms with E-state index >= 15 is 0 Å². The van der Waals surface area contributed by atoms with Crippen LogP contribution in [0, 0.1) is 17.3 Å². The Hall–Kier alpha value is -12.8. The molecule has 660 valence electrons. The lowest BCUT2D eigenvalue weighted by atomic mass is 9.55. The van der Waals surface area contributed by atoms with E-state index in [0.717, 1.165) is 152 Å². The summed E-state index contributed by atoms with van der Waals surface area (Å²) in [7, 11) is 0. The van der Waals surface area contributed by atoms with E-state index < -0.39 is 29.7 Å². The molecule has 8 aliphatic rings. The van der Waals surface area contributed by atoms with Crippen LogP contribution >= 0.6 is 23.2 Å². The number of ether oxygens (including phenoxy) is 5. The van der Waals surface area contributed by atoms with Crippen molar-refractivity contribution in [2.75, 3.05) is 102 Å². The Morgan fingerprint density at radius 1 is 0.595 bits per heavy atom. The predicted molar refractivity (Wildman–Crippen MR) is 491 cm³/mol.